The van der Waals surface area contributed by atoms with Crippen molar-refractivity contribution in [1.29, 1.82) is 5.26 Å². The van der Waals surface area contributed by atoms with Gasteiger partial charge in [0.05, 0.1) is 5.75 Å². The number of carbonyl (C=O) groups is 1. The number of ketones is 1. The molecule has 0 unspecified atom stereocenters. The molecule has 0 aromatic carbocycles. The Morgan fingerprint density at radius 1 is 1.33 bits per heavy atom. The minimum Gasteiger partial charge on any atom is -0.401 e. The minimum atomic E-state index is -0.403. The largest absolute Gasteiger partial charge is 0.401 e. The molecule has 0 aliphatic heterocycles. The van der Waals surface area contributed by atoms with Crippen LogP contribution in [0.4, 0.5) is 11.9 Å². The number of nitrogens with two attached hydrogens (primary N) is 3. The van der Waals surface area contributed by atoms with E-state index < -0.39 is 5.78 Å². The molecular formula is C9H11N7OS. The fourth-order valence-electron chi connectivity index (χ4n) is 1.03. The molecule has 0 amide bonds. The third-order valence-electron chi connectivity index (χ3n) is 1.77. The van der Waals surface area contributed by atoms with E-state index in [2.05, 4.69) is 15.0 Å². The second kappa shape index (κ2) is 5.83. The molecular weight excluding hydrogens is 254 g/mol. The summed E-state index contributed by atoms with van der Waals surface area (Å²) < 4.78 is 0. The molecule has 0 bridgehead atoms. The maximum atomic E-state index is 11.6. The number of Topliss-reactive ketones (excluding diaryl/α,β-unsaturated/α-hetero) is 1. The Hall–Kier alpha value is -2.34. The number of thioether (sulfide) groups is 1. The molecule has 1 aromatic rings. The van der Waals surface area contributed by atoms with E-state index in [1.54, 1.807) is 6.07 Å². The number of carbonyl (C=O) groups excluding carboxylic acids is 1. The van der Waals surface area contributed by atoms with Crippen molar-refractivity contribution < 1.29 is 4.79 Å². The van der Waals surface area contributed by atoms with E-state index >= 15 is 0 Å². The average molecular weight is 265 g/mol. The molecule has 0 aliphatic carbocycles. The molecule has 0 saturated carbocycles. The maximum Gasteiger partial charge on any atom is 0.225 e. The van der Waals surface area contributed by atoms with Crippen LogP contribution in [0.1, 0.15) is 6.92 Å². The van der Waals surface area contributed by atoms with Gasteiger partial charge in [-0.25, -0.2) is 0 Å². The van der Waals surface area contributed by atoms with Gasteiger partial charge in [-0.3, -0.25) is 4.79 Å². The lowest BCUT2D eigenvalue weighted by Gasteiger charge is -2.02. The summed E-state index contributed by atoms with van der Waals surface area (Å²) in [6.07, 6.45) is 0. The van der Waals surface area contributed by atoms with Crippen LogP contribution < -0.4 is 17.2 Å². The summed E-state index contributed by atoms with van der Waals surface area (Å²) in [5, 5.41) is 8.98. The van der Waals surface area contributed by atoms with Gasteiger partial charge >= 0.3 is 0 Å². The van der Waals surface area contributed by atoms with Gasteiger partial charge in [0.15, 0.2) is 10.9 Å². The van der Waals surface area contributed by atoms with E-state index in [-0.39, 0.29) is 34.1 Å². The van der Waals surface area contributed by atoms with E-state index in [4.69, 9.17) is 22.5 Å². The van der Waals surface area contributed by atoms with Gasteiger partial charge in [0.1, 0.15) is 11.6 Å². The van der Waals surface area contributed by atoms with Crippen LogP contribution in [0.2, 0.25) is 0 Å². The topological polar surface area (TPSA) is 158 Å². The van der Waals surface area contributed by atoms with Crippen molar-refractivity contribution in [2.24, 2.45) is 5.73 Å². The van der Waals surface area contributed by atoms with Crippen molar-refractivity contribution >= 4 is 29.4 Å². The van der Waals surface area contributed by atoms with Crippen molar-refractivity contribution in [3.05, 3.63) is 11.3 Å². The van der Waals surface area contributed by atoms with Gasteiger partial charge in [0, 0.05) is 5.70 Å². The molecule has 1 aromatic heterocycles. The highest BCUT2D eigenvalue weighted by atomic mass is 32.2. The summed E-state index contributed by atoms with van der Waals surface area (Å²) in [5.74, 6) is -0.479. The molecule has 18 heavy (non-hydrogen) atoms. The van der Waals surface area contributed by atoms with Crippen LogP contribution in [0.5, 0.6) is 0 Å². The number of nitrogens with zero attached hydrogens (tertiary/aromatic N) is 4. The smallest absolute Gasteiger partial charge is 0.225 e. The zero-order valence-corrected chi connectivity index (χ0v) is 10.4. The Kier molecular flexibility index (Phi) is 4.45. The van der Waals surface area contributed by atoms with E-state index in [0.717, 1.165) is 11.8 Å². The number of nitrogen functional groups attached to an aromatic ring is 2. The highest BCUT2D eigenvalue weighted by molar-refractivity contribution is 7.99. The van der Waals surface area contributed by atoms with Gasteiger partial charge in [-0.2, -0.15) is 20.2 Å². The number of hydrogen-bond acceptors (Lipinski definition) is 9. The first kappa shape index (κ1) is 13.7. The molecule has 94 valence electrons. The highest BCUT2D eigenvalue weighted by Crippen LogP contribution is 2.16. The predicted octanol–water partition coefficient (Wildman–Crippen LogP) is -0.547. The van der Waals surface area contributed by atoms with Crippen LogP contribution in [0.3, 0.4) is 0 Å². The number of anilines is 2. The summed E-state index contributed by atoms with van der Waals surface area (Å²) in [4.78, 5) is 22.8. The van der Waals surface area contributed by atoms with Crippen LogP contribution in [0.25, 0.3) is 0 Å². The Morgan fingerprint density at radius 2 is 1.89 bits per heavy atom. The molecule has 0 spiro atoms. The lowest BCUT2D eigenvalue weighted by Crippen LogP contribution is -2.11. The quantitative estimate of drug-likeness (QED) is 0.369. The highest BCUT2D eigenvalue weighted by Gasteiger charge is 2.13. The number of rotatable bonds is 4. The van der Waals surface area contributed by atoms with Crippen molar-refractivity contribution in [3.8, 4) is 6.07 Å². The molecule has 0 radical (unpaired) electrons. The zero-order chi connectivity index (χ0) is 13.7. The van der Waals surface area contributed by atoms with Gasteiger partial charge < -0.3 is 17.2 Å². The zero-order valence-electron chi connectivity index (χ0n) is 9.54. The predicted molar refractivity (Wildman–Crippen MR) is 66.9 cm³/mol. The fourth-order valence-corrected chi connectivity index (χ4v) is 1.75. The standard InChI is InChI=1S/C9H11N7OS/c1-4(11)5(2-10)6(17)3-18-9-15-7(12)14-8(13)16-9/h3,11H2,1H3,(H4,12,13,14,15,16)/b5-4+. The molecule has 1 rings (SSSR count). The van der Waals surface area contributed by atoms with Crippen LogP contribution in [-0.2, 0) is 4.79 Å². The summed E-state index contributed by atoms with van der Waals surface area (Å²) >= 11 is 1.01. The molecule has 1 heterocycles. The van der Waals surface area contributed by atoms with Crippen molar-refractivity contribution in [3.63, 3.8) is 0 Å². The monoisotopic (exact) mass is 265 g/mol. The first-order valence-electron chi connectivity index (χ1n) is 4.73. The lowest BCUT2D eigenvalue weighted by atomic mass is 10.2. The molecule has 9 heteroatoms. The van der Waals surface area contributed by atoms with Gasteiger partial charge in [-0.05, 0) is 6.92 Å². The number of aromatic nitrogens is 3. The van der Waals surface area contributed by atoms with Crippen LogP contribution >= 0.6 is 11.8 Å². The van der Waals surface area contributed by atoms with Crippen LogP contribution in [-0.4, -0.2) is 26.5 Å². The lowest BCUT2D eigenvalue weighted by molar-refractivity contribution is -0.112. The van der Waals surface area contributed by atoms with Gasteiger partial charge in [0.25, 0.3) is 0 Å². The number of hydrogen-bond donors (Lipinski definition) is 3. The first-order valence-corrected chi connectivity index (χ1v) is 5.72. The first-order chi connectivity index (χ1) is 8.43. The van der Waals surface area contributed by atoms with E-state index in [1.807, 2.05) is 0 Å². The molecule has 6 N–H and O–H groups in total. The minimum absolute atomic E-state index is 0.0245. The third-order valence-corrected chi connectivity index (χ3v) is 2.61. The van der Waals surface area contributed by atoms with E-state index in [0.29, 0.717) is 0 Å². The van der Waals surface area contributed by atoms with Crippen molar-refractivity contribution in [2.75, 3.05) is 17.2 Å². The van der Waals surface area contributed by atoms with Gasteiger partial charge in [0.2, 0.25) is 11.9 Å². The number of allylic oxidation sites excluding steroid dienone is 2. The van der Waals surface area contributed by atoms with Crippen LogP contribution in [0, 0.1) is 11.3 Å². The van der Waals surface area contributed by atoms with Crippen molar-refractivity contribution in [1.82, 2.24) is 15.0 Å². The molecule has 0 fully saturated rings. The summed E-state index contributed by atoms with van der Waals surface area (Å²) in [6, 6.07) is 1.75. The fraction of sp³-hybridized carbons (Fsp3) is 0.222. The second-order valence-corrected chi connectivity index (χ2v) is 4.16. The van der Waals surface area contributed by atoms with Crippen molar-refractivity contribution in [2.45, 2.75) is 12.1 Å². The third kappa shape index (κ3) is 3.60. The Labute approximate surface area is 107 Å². The molecule has 8 nitrogen and oxygen atoms in total. The summed E-state index contributed by atoms with van der Waals surface area (Å²) in [5.41, 5.74) is 16.3. The van der Waals surface area contributed by atoms with Crippen LogP contribution in [0.15, 0.2) is 16.4 Å². The summed E-state index contributed by atoms with van der Waals surface area (Å²) in [7, 11) is 0. The summed E-state index contributed by atoms with van der Waals surface area (Å²) in [6.45, 7) is 1.49. The molecule has 0 aliphatic rings. The second-order valence-electron chi connectivity index (χ2n) is 3.22. The van der Waals surface area contributed by atoms with Gasteiger partial charge in [-0.1, -0.05) is 11.8 Å². The van der Waals surface area contributed by atoms with Gasteiger partial charge in [-0.15, -0.1) is 0 Å². The van der Waals surface area contributed by atoms with E-state index in [9.17, 15) is 4.79 Å². The number of nitriles is 1. The Bertz CT molecular complexity index is 524. The molecule has 0 atom stereocenters. The SMILES string of the molecule is C/C(N)=C(/C#N)C(=O)CSc1nc(N)nc(N)n1. The Morgan fingerprint density at radius 3 is 2.33 bits per heavy atom. The molecule has 0 saturated heterocycles. The average Bonchev–Trinajstić information content (AvgIpc) is 2.25. The Balaban J connectivity index is 2.75. The van der Waals surface area contributed by atoms with E-state index in [1.165, 1.54) is 6.92 Å². The normalized spacial score (nSPS) is 11.6. The maximum absolute atomic E-state index is 11.6.